The van der Waals surface area contributed by atoms with E-state index in [1.54, 1.807) is 7.11 Å². The highest BCUT2D eigenvalue weighted by Gasteiger charge is 1.92. The molecule has 0 aromatic heterocycles. The summed E-state index contributed by atoms with van der Waals surface area (Å²) in [7, 11) is 1.66. The number of thiol groups is 1. The van der Waals surface area contributed by atoms with Gasteiger partial charge in [-0.2, -0.15) is 12.6 Å². The summed E-state index contributed by atoms with van der Waals surface area (Å²) in [6, 6.07) is 0. The first kappa shape index (κ1) is 14.0. The fourth-order valence-corrected chi connectivity index (χ4v) is 0.861. The molecule has 0 rings (SSSR count). The minimum absolute atomic E-state index is 0.599. The maximum Gasteiger partial charge on any atom is 0.0700 e. The number of hydrogen-bond donors (Lipinski definition) is 1. The van der Waals surface area contributed by atoms with Gasteiger partial charge in [0, 0.05) is 26.1 Å². The van der Waals surface area contributed by atoms with Gasteiger partial charge in [0.05, 0.1) is 19.8 Å². The van der Waals surface area contributed by atoms with Crippen molar-refractivity contribution in [2.45, 2.75) is 6.42 Å². The third kappa shape index (κ3) is 10.1. The second kappa shape index (κ2) is 11.0. The van der Waals surface area contributed by atoms with E-state index in [1.165, 1.54) is 0 Å². The minimum Gasteiger partial charge on any atom is -0.382 e. The van der Waals surface area contributed by atoms with Crippen molar-refractivity contribution in [2.75, 3.05) is 45.9 Å². The predicted octanol–water partition coefficient (Wildman–Crippen LogP) is 1.54. The van der Waals surface area contributed by atoms with Crippen molar-refractivity contribution >= 4 is 12.6 Å². The highest BCUT2D eigenvalue weighted by atomic mass is 32.1. The van der Waals surface area contributed by atoms with E-state index in [1.807, 2.05) is 0 Å². The summed E-state index contributed by atoms with van der Waals surface area (Å²) in [5.41, 5.74) is 1.01. The van der Waals surface area contributed by atoms with Gasteiger partial charge >= 0.3 is 0 Å². The Morgan fingerprint density at radius 3 is 2.50 bits per heavy atom. The minimum atomic E-state index is 0.599. The molecule has 84 valence electrons. The van der Waals surface area contributed by atoms with E-state index in [0.29, 0.717) is 32.2 Å². The van der Waals surface area contributed by atoms with E-state index in [2.05, 4.69) is 19.2 Å². The zero-order chi connectivity index (χ0) is 10.6. The molecule has 0 saturated heterocycles. The van der Waals surface area contributed by atoms with Gasteiger partial charge < -0.3 is 14.2 Å². The van der Waals surface area contributed by atoms with Crippen LogP contribution in [0.15, 0.2) is 12.2 Å². The number of hydrogen-bond acceptors (Lipinski definition) is 4. The maximum absolute atomic E-state index is 5.33. The van der Waals surface area contributed by atoms with E-state index < -0.39 is 0 Å². The molecule has 0 aliphatic carbocycles. The first-order valence-corrected chi connectivity index (χ1v) is 5.36. The maximum atomic E-state index is 5.33. The van der Waals surface area contributed by atoms with Crippen LogP contribution >= 0.6 is 12.6 Å². The molecule has 0 bridgehead atoms. The van der Waals surface area contributed by atoms with Gasteiger partial charge in [-0.3, -0.25) is 0 Å². The van der Waals surface area contributed by atoms with Crippen molar-refractivity contribution in [3.63, 3.8) is 0 Å². The molecule has 14 heavy (non-hydrogen) atoms. The molecule has 0 fully saturated rings. The van der Waals surface area contributed by atoms with Gasteiger partial charge in [0.2, 0.25) is 0 Å². The van der Waals surface area contributed by atoms with Crippen LogP contribution in [-0.2, 0) is 14.2 Å². The molecule has 0 aliphatic rings. The van der Waals surface area contributed by atoms with Crippen molar-refractivity contribution in [1.29, 1.82) is 0 Å². The van der Waals surface area contributed by atoms with Gasteiger partial charge in [0.25, 0.3) is 0 Å². The third-order valence-corrected chi connectivity index (χ3v) is 1.99. The quantitative estimate of drug-likeness (QED) is 0.344. The van der Waals surface area contributed by atoms with Crippen LogP contribution in [0.3, 0.4) is 0 Å². The molecule has 3 nitrogen and oxygen atoms in total. The van der Waals surface area contributed by atoms with Crippen molar-refractivity contribution in [2.24, 2.45) is 0 Å². The summed E-state index contributed by atoms with van der Waals surface area (Å²) in [4.78, 5) is 0. The average molecular weight is 220 g/mol. The first-order valence-electron chi connectivity index (χ1n) is 4.73. The van der Waals surface area contributed by atoms with Gasteiger partial charge in [-0.05, 0) is 12.0 Å². The fraction of sp³-hybridized carbons (Fsp3) is 0.800. The first-order chi connectivity index (χ1) is 6.81. The lowest BCUT2D eigenvalue weighted by Crippen LogP contribution is -2.06. The lowest BCUT2D eigenvalue weighted by atomic mass is 10.4. The van der Waals surface area contributed by atoms with Crippen molar-refractivity contribution in [3.8, 4) is 0 Å². The van der Waals surface area contributed by atoms with Gasteiger partial charge in [-0.25, -0.2) is 0 Å². The van der Waals surface area contributed by atoms with Gasteiger partial charge in [-0.15, -0.1) is 0 Å². The van der Waals surface area contributed by atoms with Crippen LogP contribution in [0, 0.1) is 0 Å². The molecule has 4 heteroatoms. The van der Waals surface area contributed by atoms with E-state index in [4.69, 9.17) is 14.2 Å². The van der Waals surface area contributed by atoms with Gasteiger partial charge in [0.15, 0.2) is 0 Å². The Kier molecular flexibility index (Phi) is 11.0. The average Bonchev–Trinajstić information content (AvgIpc) is 2.21. The highest BCUT2D eigenvalue weighted by molar-refractivity contribution is 7.80. The molecule has 0 heterocycles. The molecule has 0 atom stereocenters. The third-order valence-electron chi connectivity index (χ3n) is 1.54. The largest absolute Gasteiger partial charge is 0.382 e. The molecule has 0 unspecified atom stereocenters. The molecule has 0 aromatic rings. The van der Waals surface area contributed by atoms with E-state index in [9.17, 15) is 0 Å². The zero-order valence-corrected chi connectivity index (χ0v) is 9.72. The van der Waals surface area contributed by atoms with Gasteiger partial charge in [0.1, 0.15) is 0 Å². The van der Waals surface area contributed by atoms with Crippen LogP contribution in [0.2, 0.25) is 0 Å². The van der Waals surface area contributed by atoms with Gasteiger partial charge in [-0.1, -0.05) is 6.58 Å². The topological polar surface area (TPSA) is 27.7 Å². The Balaban J connectivity index is 2.95. The Morgan fingerprint density at radius 1 is 1.14 bits per heavy atom. The highest BCUT2D eigenvalue weighted by Crippen LogP contribution is 1.95. The zero-order valence-electron chi connectivity index (χ0n) is 8.83. The smallest absolute Gasteiger partial charge is 0.0700 e. The van der Waals surface area contributed by atoms with Crippen LogP contribution in [0.1, 0.15) is 6.42 Å². The molecule has 0 N–H and O–H groups in total. The molecular weight excluding hydrogens is 200 g/mol. The molecule has 0 saturated carbocycles. The monoisotopic (exact) mass is 220 g/mol. The summed E-state index contributed by atoms with van der Waals surface area (Å²) in [6.07, 6.45) is 0.906. The molecule has 0 aromatic carbocycles. The van der Waals surface area contributed by atoms with Crippen LogP contribution in [-0.4, -0.2) is 45.9 Å². The molecule has 0 aliphatic heterocycles. The summed E-state index contributed by atoms with van der Waals surface area (Å²) in [5, 5.41) is 0. The number of rotatable bonds is 10. The Labute approximate surface area is 91.8 Å². The summed E-state index contributed by atoms with van der Waals surface area (Å²) < 4.78 is 15.4. The normalized spacial score (nSPS) is 10.4. The van der Waals surface area contributed by atoms with Crippen LogP contribution in [0.25, 0.3) is 0 Å². The molecule has 0 amide bonds. The van der Waals surface area contributed by atoms with Crippen LogP contribution < -0.4 is 0 Å². The summed E-state index contributed by atoms with van der Waals surface area (Å²) in [5.74, 6) is 0.685. The second-order valence-corrected chi connectivity index (χ2v) is 3.24. The lowest BCUT2D eigenvalue weighted by Gasteiger charge is -2.05. The van der Waals surface area contributed by atoms with Crippen molar-refractivity contribution in [1.82, 2.24) is 0 Å². The van der Waals surface area contributed by atoms with Crippen LogP contribution in [0.4, 0.5) is 0 Å². The van der Waals surface area contributed by atoms with Crippen LogP contribution in [0.5, 0.6) is 0 Å². The Morgan fingerprint density at radius 2 is 1.86 bits per heavy atom. The number of ether oxygens (including phenoxy) is 3. The standard InChI is InChI=1S/C10H20O3S/c1-10(9-14)8-13-5-3-4-12-7-6-11-2/h14H,1,3-9H2,2H3. The second-order valence-electron chi connectivity index (χ2n) is 2.92. The molecular formula is C10H20O3S. The Hall–Kier alpha value is -0.0300. The molecule has 0 radical (unpaired) electrons. The fourth-order valence-electron chi connectivity index (χ4n) is 0.770. The van der Waals surface area contributed by atoms with Crippen molar-refractivity contribution < 1.29 is 14.2 Å². The Bertz CT molecular complexity index is 139. The predicted molar refractivity (Wildman–Crippen MR) is 61.1 cm³/mol. The van der Waals surface area contributed by atoms with Crippen molar-refractivity contribution in [3.05, 3.63) is 12.2 Å². The SMILES string of the molecule is C=C(CS)COCCCOCCOC. The summed E-state index contributed by atoms with van der Waals surface area (Å²) >= 11 is 4.08. The molecule has 0 spiro atoms. The summed E-state index contributed by atoms with van der Waals surface area (Å²) in [6.45, 7) is 7.11. The lowest BCUT2D eigenvalue weighted by molar-refractivity contribution is 0.0546. The van der Waals surface area contributed by atoms with E-state index in [0.717, 1.165) is 18.6 Å². The van der Waals surface area contributed by atoms with E-state index >= 15 is 0 Å². The number of methoxy groups -OCH3 is 1. The van der Waals surface area contributed by atoms with E-state index in [-0.39, 0.29) is 0 Å².